The van der Waals surface area contributed by atoms with Crippen LogP contribution in [-0.2, 0) is 19.0 Å². The second-order valence-electron chi connectivity index (χ2n) is 12.1. The van der Waals surface area contributed by atoms with E-state index in [1.807, 2.05) is 6.08 Å². The van der Waals surface area contributed by atoms with Gasteiger partial charge in [-0.1, -0.05) is 0 Å². The van der Waals surface area contributed by atoms with E-state index in [9.17, 15) is 25.2 Å². The molecule has 0 bridgehead atoms. The van der Waals surface area contributed by atoms with E-state index in [0.29, 0.717) is 25.3 Å². The molecule has 15 N–H and O–H groups in total. The summed E-state index contributed by atoms with van der Waals surface area (Å²) in [6.45, 7) is 2.70. The average molecular weight is 588 g/mol. The number of nitrogens with one attached hydrogen (secondary N) is 3. The van der Waals surface area contributed by atoms with E-state index in [1.54, 1.807) is 7.05 Å². The van der Waals surface area contributed by atoms with E-state index < -0.39 is 77.9 Å². The van der Waals surface area contributed by atoms with Gasteiger partial charge in [-0.2, -0.15) is 0 Å². The Kier molecular flexibility index (Phi) is 10.3. The molecule has 2 aliphatic heterocycles. The highest BCUT2D eigenvalue weighted by Gasteiger charge is 2.59. The number of carbonyl (C=O) groups excluding carboxylic acids is 1. The molecule has 0 aromatic carbocycles. The maximum atomic E-state index is 13.0. The van der Waals surface area contributed by atoms with Crippen LogP contribution in [0.1, 0.15) is 32.6 Å². The first-order valence-electron chi connectivity index (χ1n) is 14.4. The number of carbonyl (C=O) groups is 1. The molecule has 1 amide bonds. The molecular formula is C26H49N7O8. The van der Waals surface area contributed by atoms with Crippen molar-refractivity contribution in [3.8, 4) is 0 Å². The lowest BCUT2D eigenvalue weighted by atomic mass is 9.72. The zero-order chi connectivity index (χ0) is 30.1. The Balaban J connectivity index is 1.60. The number of rotatable bonds is 11. The topological polar surface area (TPSA) is 266 Å². The lowest BCUT2D eigenvalue weighted by molar-refractivity contribution is -0.297. The monoisotopic (exact) mass is 587 g/mol. The molecule has 0 aromatic heterocycles. The van der Waals surface area contributed by atoms with Crippen molar-refractivity contribution in [3.63, 3.8) is 0 Å². The number of aliphatic hydroxyl groups is 4. The predicted octanol–water partition coefficient (Wildman–Crippen LogP) is -4.98. The van der Waals surface area contributed by atoms with E-state index in [-0.39, 0.29) is 32.0 Å². The van der Waals surface area contributed by atoms with Gasteiger partial charge in [0.2, 0.25) is 0 Å². The SMILES string of the molecule is CN[C@@H]1[C@@H](O)[C@@H](O[C@H]2[C@H](NC(=O)C3(O)CC3N)C[C@H](N)C([C@H]3OC(CN)=CC[C@H]3NCCCN)[C@@H]2O)OC[C@]1(C)O. The van der Waals surface area contributed by atoms with Crippen molar-refractivity contribution in [2.75, 3.05) is 33.3 Å². The summed E-state index contributed by atoms with van der Waals surface area (Å²) in [6.07, 6.45) is -2.05. The van der Waals surface area contributed by atoms with Gasteiger partial charge < -0.3 is 73.5 Å². The molecule has 4 rings (SSSR count). The van der Waals surface area contributed by atoms with Crippen molar-refractivity contribution in [3.05, 3.63) is 11.8 Å². The minimum atomic E-state index is -1.71. The van der Waals surface area contributed by atoms with Crippen LogP contribution in [0.4, 0.5) is 0 Å². The Hall–Kier alpha value is -1.47. The summed E-state index contributed by atoms with van der Waals surface area (Å²) in [4.78, 5) is 13.0. The van der Waals surface area contributed by atoms with Crippen LogP contribution in [-0.4, -0.2) is 132 Å². The number of hydrogen-bond acceptors (Lipinski definition) is 14. The van der Waals surface area contributed by atoms with Gasteiger partial charge in [-0.25, -0.2) is 0 Å². The van der Waals surface area contributed by atoms with E-state index in [4.69, 9.17) is 37.1 Å². The number of likely N-dealkylation sites (N-methyl/N-ethyl adjacent to an activating group) is 1. The van der Waals surface area contributed by atoms with Gasteiger partial charge >= 0.3 is 0 Å². The summed E-state index contributed by atoms with van der Waals surface area (Å²) in [5.74, 6) is -0.783. The smallest absolute Gasteiger partial charge is 0.253 e. The Bertz CT molecular complexity index is 944. The summed E-state index contributed by atoms with van der Waals surface area (Å²) in [6, 6.07) is -3.21. The van der Waals surface area contributed by atoms with Gasteiger partial charge in [0.15, 0.2) is 11.9 Å². The van der Waals surface area contributed by atoms with Crippen molar-refractivity contribution in [1.29, 1.82) is 0 Å². The van der Waals surface area contributed by atoms with Gasteiger partial charge in [0.1, 0.15) is 29.7 Å². The van der Waals surface area contributed by atoms with Gasteiger partial charge in [-0.3, -0.25) is 4.79 Å². The molecule has 236 valence electrons. The van der Waals surface area contributed by atoms with Crippen molar-refractivity contribution in [2.45, 2.75) is 105 Å². The van der Waals surface area contributed by atoms with Crippen LogP contribution in [0, 0.1) is 5.92 Å². The first-order chi connectivity index (χ1) is 19.4. The number of ether oxygens (including phenoxy) is 3. The molecule has 3 unspecified atom stereocenters. The molecule has 2 saturated carbocycles. The third-order valence-electron chi connectivity index (χ3n) is 8.93. The van der Waals surface area contributed by atoms with Crippen LogP contribution in [0.15, 0.2) is 11.8 Å². The first kappa shape index (κ1) is 32.4. The van der Waals surface area contributed by atoms with Gasteiger partial charge in [0, 0.05) is 30.5 Å². The fourth-order valence-corrected chi connectivity index (χ4v) is 6.37. The van der Waals surface area contributed by atoms with Crippen LogP contribution in [0.25, 0.3) is 0 Å². The number of hydrogen-bond donors (Lipinski definition) is 11. The maximum Gasteiger partial charge on any atom is 0.253 e. The predicted molar refractivity (Wildman–Crippen MR) is 148 cm³/mol. The molecule has 15 nitrogen and oxygen atoms in total. The standard InChI is InChI=1S/C26H49N7O8/c1-25(37)11-39-23(19(35)22(25)31-2)41-21-15(33-24(36)26(38)9-16(26)30)8-13(29)17(18(21)34)20-14(32-7-3-6-27)5-4-12(10-28)40-20/h4,13-23,31-32,34-35,37-38H,3,5-11,27-30H2,1-2H3,(H,33,36)/t13-,14+,15+,16?,17?,18-,19+,20-,21-,22+,23+,25-,26?/m0/s1. The highest BCUT2D eigenvalue weighted by atomic mass is 16.7. The Morgan fingerprint density at radius 1 is 1.20 bits per heavy atom. The second kappa shape index (κ2) is 13.0. The Morgan fingerprint density at radius 2 is 1.90 bits per heavy atom. The number of aliphatic hydroxyl groups excluding tert-OH is 2. The van der Waals surface area contributed by atoms with E-state index in [2.05, 4.69) is 16.0 Å². The highest BCUT2D eigenvalue weighted by Crippen LogP contribution is 2.38. The number of nitrogens with two attached hydrogens (primary N) is 4. The van der Waals surface area contributed by atoms with Crippen molar-refractivity contribution in [2.24, 2.45) is 28.9 Å². The van der Waals surface area contributed by atoms with Crippen molar-refractivity contribution >= 4 is 5.91 Å². The fourth-order valence-electron chi connectivity index (χ4n) is 6.37. The maximum absolute atomic E-state index is 13.0. The molecule has 3 fully saturated rings. The van der Waals surface area contributed by atoms with Crippen molar-refractivity contribution in [1.82, 2.24) is 16.0 Å². The molecule has 2 heterocycles. The molecule has 4 aliphatic rings. The summed E-state index contributed by atoms with van der Waals surface area (Å²) in [7, 11) is 1.60. The van der Waals surface area contributed by atoms with Crippen LogP contribution in [0.5, 0.6) is 0 Å². The highest BCUT2D eigenvalue weighted by molar-refractivity contribution is 5.89. The van der Waals surface area contributed by atoms with Crippen LogP contribution >= 0.6 is 0 Å². The second-order valence-corrected chi connectivity index (χ2v) is 12.1. The summed E-state index contributed by atoms with van der Waals surface area (Å²) in [5, 5.41) is 53.2. The summed E-state index contributed by atoms with van der Waals surface area (Å²) < 4.78 is 18.2. The number of amides is 1. The Morgan fingerprint density at radius 3 is 2.51 bits per heavy atom. The van der Waals surface area contributed by atoms with E-state index in [1.165, 1.54) is 6.92 Å². The largest absolute Gasteiger partial charge is 0.492 e. The van der Waals surface area contributed by atoms with Gasteiger partial charge in [0.25, 0.3) is 5.91 Å². The third-order valence-corrected chi connectivity index (χ3v) is 8.93. The van der Waals surface area contributed by atoms with Crippen LogP contribution < -0.4 is 38.9 Å². The molecule has 41 heavy (non-hydrogen) atoms. The van der Waals surface area contributed by atoms with Gasteiger partial charge in [0.05, 0.1) is 31.3 Å². The quantitative estimate of drug-likeness (QED) is 0.101. The molecule has 15 heteroatoms. The Labute approximate surface area is 240 Å². The summed E-state index contributed by atoms with van der Waals surface area (Å²) >= 11 is 0. The normalized spacial score (nSPS) is 46.4. The third kappa shape index (κ3) is 6.71. The van der Waals surface area contributed by atoms with E-state index in [0.717, 1.165) is 6.42 Å². The van der Waals surface area contributed by atoms with Crippen molar-refractivity contribution < 1.29 is 39.4 Å². The fraction of sp³-hybridized carbons (Fsp3) is 0.885. The average Bonchev–Trinajstić information content (AvgIpc) is 3.55. The molecule has 0 radical (unpaired) electrons. The zero-order valence-corrected chi connectivity index (χ0v) is 23.8. The molecule has 1 saturated heterocycles. The zero-order valence-electron chi connectivity index (χ0n) is 23.8. The minimum Gasteiger partial charge on any atom is -0.492 e. The minimum absolute atomic E-state index is 0.109. The molecular weight excluding hydrogens is 538 g/mol. The molecule has 0 spiro atoms. The lowest BCUT2D eigenvalue weighted by Crippen LogP contribution is -2.70. The molecule has 13 atom stereocenters. The summed E-state index contributed by atoms with van der Waals surface area (Å²) in [5.41, 5.74) is 20.9. The van der Waals surface area contributed by atoms with Crippen LogP contribution in [0.3, 0.4) is 0 Å². The molecule has 2 aliphatic carbocycles. The van der Waals surface area contributed by atoms with Gasteiger partial charge in [-0.05, 0) is 52.4 Å². The van der Waals surface area contributed by atoms with Crippen LogP contribution in [0.2, 0.25) is 0 Å². The lowest BCUT2D eigenvalue weighted by Gasteiger charge is -2.51. The van der Waals surface area contributed by atoms with E-state index >= 15 is 0 Å². The van der Waals surface area contributed by atoms with Gasteiger partial charge in [-0.15, -0.1) is 0 Å². The molecule has 0 aromatic rings. The first-order valence-corrected chi connectivity index (χ1v) is 14.4.